The highest BCUT2D eigenvalue weighted by Gasteiger charge is 2.20. The number of aliphatic hydroxyl groups is 1. The van der Waals surface area contributed by atoms with E-state index < -0.39 is 0 Å². The summed E-state index contributed by atoms with van der Waals surface area (Å²) in [6.45, 7) is 5.32. The van der Waals surface area contributed by atoms with E-state index in [2.05, 4.69) is 17.6 Å². The van der Waals surface area contributed by atoms with Crippen LogP contribution in [0.25, 0.3) is 0 Å². The van der Waals surface area contributed by atoms with Gasteiger partial charge in [0.15, 0.2) is 0 Å². The summed E-state index contributed by atoms with van der Waals surface area (Å²) in [6.07, 6.45) is 4.01. The number of ether oxygens (including phenoxy) is 1. The van der Waals surface area contributed by atoms with Crippen LogP contribution in [0.1, 0.15) is 50.2 Å². The molecule has 3 N–H and O–H groups in total. The first-order chi connectivity index (χ1) is 11.1. The summed E-state index contributed by atoms with van der Waals surface area (Å²) in [5, 5.41) is 15.4. The molecule has 0 atom stereocenters. The summed E-state index contributed by atoms with van der Waals surface area (Å²) in [5.41, 5.74) is 2.20. The van der Waals surface area contributed by atoms with E-state index in [1.54, 1.807) is 0 Å². The molecule has 1 fully saturated rings. The normalized spacial score (nSPS) is 20.8. The molecule has 2 amide bonds. The van der Waals surface area contributed by atoms with Crippen LogP contribution in [0.3, 0.4) is 0 Å². The van der Waals surface area contributed by atoms with Crippen molar-refractivity contribution in [3.05, 3.63) is 29.3 Å². The minimum absolute atomic E-state index is 0.142. The quantitative estimate of drug-likeness (QED) is 0.755. The van der Waals surface area contributed by atoms with Gasteiger partial charge in [-0.2, -0.15) is 0 Å². The van der Waals surface area contributed by atoms with Crippen molar-refractivity contribution in [2.45, 2.75) is 64.6 Å². The van der Waals surface area contributed by atoms with Gasteiger partial charge in [-0.05, 0) is 62.3 Å². The zero-order valence-electron chi connectivity index (χ0n) is 14.1. The molecule has 128 valence electrons. The third kappa shape index (κ3) is 5.75. The summed E-state index contributed by atoms with van der Waals surface area (Å²) in [7, 11) is 0. The molecule has 1 saturated carbocycles. The lowest BCUT2D eigenvalue weighted by Crippen LogP contribution is -2.43. The summed E-state index contributed by atoms with van der Waals surface area (Å²) in [4.78, 5) is 12.0. The number of amides is 2. The Bertz CT molecular complexity index is 511. The molecule has 0 aliphatic heterocycles. The summed E-state index contributed by atoms with van der Waals surface area (Å²) in [6, 6.07) is 5.98. The first kappa shape index (κ1) is 17.6. The third-order valence-electron chi connectivity index (χ3n) is 4.26. The molecule has 5 nitrogen and oxygen atoms in total. The topological polar surface area (TPSA) is 70.6 Å². The molecule has 0 unspecified atom stereocenters. The number of aliphatic hydroxyl groups excluding tert-OH is 1. The number of aryl methyl sites for hydroxylation is 1. The second-order valence-electron chi connectivity index (χ2n) is 6.27. The van der Waals surface area contributed by atoms with Gasteiger partial charge in [-0.3, -0.25) is 0 Å². The lowest BCUT2D eigenvalue weighted by Gasteiger charge is -2.26. The van der Waals surface area contributed by atoms with E-state index >= 15 is 0 Å². The molecule has 2 rings (SSSR count). The number of carbonyl (C=O) groups excluding carboxylic acids is 1. The van der Waals surface area contributed by atoms with Crippen LogP contribution in [-0.4, -0.2) is 29.9 Å². The number of carbonyl (C=O) groups is 1. The van der Waals surface area contributed by atoms with Gasteiger partial charge in [0.05, 0.1) is 12.7 Å². The first-order valence-corrected chi connectivity index (χ1v) is 8.53. The maximum Gasteiger partial charge on any atom is 0.315 e. The van der Waals surface area contributed by atoms with Crippen molar-refractivity contribution in [3.8, 4) is 5.75 Å². The van der Waals surface area contributed by atoms with E-state index in [1.165, 1.54) is 0 Å². The Morgan fingerprint density at radius 1 is 1.30 bits per heavy atom. The van der Waals surface area contributed by atoms with Gasteiger partial charge in [-0.25, -0.2) is 4.79 Å². The van der Waals surface area contributed by atoms with E-state index in [9.17, 15) is 9.90 Å². The van der Waals surface area contributed by atoms with Gasteiger partial charge in [-0.15, -0.1) is 0 Å². The number of hydrogen-bond acceptors (Lipinski definition) is 3. The molecule has 0 radical (unpaired) electrons. The van der Waals surface area contributed by atoms with Gasteiger partial charge in [0, 0.05) is 12.6 Å². The Labute approximate surface area is 138 Å². The number of urea groups is 1. The number of hydrogen-bond donors (Lipinski definition) is 3. The molecule has 0 spiro atoms. The van der Waals surface area contributed by atoms with Crippen molar-refractivity contribution < 1.29 is 14.6 Å². The average molecular weight is 320 g/mol. The van der Waals surface area contributed by atoms with Gasteiger partial charge < -0.3 is 20.5 Å². The highest BCUT2D eigenvalue weighted by molar-refractivity contribution is 5.74. The molecule has 23 heavy (non-hydrogen) atoms. The summed E-state index contributed by atoms with van der Waals surface area (Å²) < 4.78 is 5.61. The second kappa shape index (κ2) is 8.77. The van der Waals surface area contributed by atoms with Crippen molar-refractivity contribution in [2.24, 2.45) is 0 Å². The predicted molar refractivity (Wildman–Crippen MR) is 90.6 cm³/mol. The van der Waals surface area contributed by atoms with Gasteiger partial charge >= 0.3 is 6.03 Å². The first-order valence-electron chi connectivity index (χ1n) is 8.53. The van der Waals surface area contributed by atoms with Crippen LogP contribution >= 0.6 is 0 Å². The predicted octanol–water partition coefficient (Wildman–Crippen LogP) is 2.89. The Balaban J connectivity index is 1.77. The molecule has 0 heterocycles. The van der Waals surface area contributed by atoms with E-state index in [0.29, 0.717) is 6.54 Å². The molecule has 1 aliphatic rings. The standard InChI is InChI=1S/C18H28N2O3/c1-3-10-23-17-9-4-14(13(2)11-17)12-19-18(22)20-15-5-7-16(21)8-6-15/h4,9,11,15-16,21H,3,5-8,10,12H2,1-2H3,(H2,19,20,22). The van der Waals surface area contributed by atoms with Crippen LogP contribution in [0, 0.1) is 6.92 Å². The van der Waals surface area contributed by atoms with Crippen molar-refractivity contribution >= 4 is 6.03 Å². The van der Waals surface area contributed by atoms with Crippen LogP contribution in [-0.2, 0) is 6.54 Å². The van der Waals surface area contributed by atoms with E-state index in [4.69, 9.17) is 4.74 Å². The van der Waals surface area contributed by atoms with E-state index in [0.717, 1.165) is 55.6 Å². The van der Waals surface area contributed by atoms with Crippen molar-refractivity contribution in [1.29, 1.82) is 0 Å². The molecule has 0 bridgehead atoms. The highest BCUT2D eigenvalue weighted by Crippen LogP contribution is 2.19. The van der Waals surface area contributed by atoms with Gasteiger partial charge in [0.2, 0.25) is 0 Å². The van der Waals surface area contributed by atoms with Crippen LogP contribution in [0.5, 0.6) is 5.75 Å². The minimum Gasteiger partial charge on any atom is -0.494 e. The largest absolute Gasteiger partial charge is 0.494 e. The highest BCUT2D eigenvalue weighted by atomic mass is 16.5. The number of benzene rings is 1. The summed E-state index contributed by atoms with van der Waals surface area (Å²) >= 11 is 0. The fourth-order valence-corrected chi connectivity index (χ4v) is 2.81. The fraction of sp³-hybridized carbons (Fsp3) is 0.611. The van der Waals surface area contributed by atoms with Gasteiger partial charge in [0.1, 0.15) is 5.75 Å². The zero-order chi connectivity index (χ0) is 16.7. The SMILES string of the molecule is CCCOc1ccc(CNC(=O)NC2CCC(O)CC2)c(C)c1. The molecule has 0 aromatic heterocycles. The molecule has 1 aromatic rings. The smallest absolute Gasteiger partial charge is 0.315 e. The lowest BCUT2D eigenvalue weighted by molar-refractivity contribution is 0.117. The van der Waals surface area contributed by atoms with Crippen molar-refractivity contribution in [2.75, 3.05) is 6.61 Å². The van der Waals surface area contributed by atoms with Crippen LogP contribution in [0.15, 0.2) is 18.2 Å². The van der Waals surface area contributed by atoms with Crippen molar-refractivity contribution in [3.63, 3.8) is 0 Å². The second-order valence-corrected chi connectivity index (χ2v) is 6.27. The maximum atomic E-state index is 12.0. The van der Waals surface area contributed by atoms with Gasteiger partial charge in [-0.1, -0.05) is 13.0 Å². The number of nitrogens with one attached hydrogen (secondary N) is 2. The van der Waals surface area contributed by atoms with Crippen LogP contribution < -0.4 is 15.4 Å². The fourth-order valence-electron chi connectivity index (χ4n) is 2.81. The molecule has 5 heteroatoms. The zero-order valence-corrected chi connectivity index (χ0v) is 14.1. The molecule has 0 saturated heterocycles. The van der Waals surface area contributed by atoms with E-state index in [1.807, 2.05) is 25.1 Å². The Morgan fingerprint density at radius 3 is 2.70 bits per heavy atom. The third-order valence-corrected chi connectivity index (χ3v) is 4.26. The molecule has 1 aromatic carbocycles. The molecule has 1 aliphatic carbocycles. The van der Waals surface area contributed by atoms with Gasteiger partial charge in [0.25, 0.3) is 0 Å². The maximum absolute atomic E-state index is 12.0. The Kier molecular flexibility index (Phi) is 6.71. The van der Waals surface area contributed by atoms with Crippen molar-refractivity contribution in [1.82, 2.24) is 10.6 Å². The molecular formula is C18H28N2O3. The summed E-state index contributed by atoms with van der Waals surface area (Å²) in [5.74, 6) is 0.873. The van der Waals surface area contributed by atoms with Crippen LogP contribution in [0.4, 0.5) is 4.79 Å². The number of rotatable bonds is 6. The Morgan fingerprint density at radius 2 is 2.04 bits per heavy atom. The monoisotopic (exact) mass is 320 g/mol. The Hall–Kier alpha value is -1.75. The minimum atomic E-state index is -0.202. The lowest BCUT2D eigenvalue weighted by atomic mass is 9.93. The van der Waals surface area contributed by atoms with Crippen LogP contribution in [0.2, 0.25) is 0 Å². The van der Waals surface area contributed by atoms with E-state index in [-0.39, 0.29) is 18.2 Å². The average Bonchev–Trinajstić information content (AvgIpc) is 2.54. The molecular weight excluding hydrogens is 292 g/mol.